The van der Waals surface area contributed by atoms with Crippen molar-refractivity contribution < 1.29 is 4.84 Å². The van der Waals surface area contributed by atoms with Gasteiger partial charge in [0, 0.05) is 24.0 Å². The van der Waals surface area contributed by atoms with E-state index in [-0.39, 0.29) is 5.60 Å². The van der Waals surface area contributed by atoms with E-state index < -0.39 is 0 Å². The van der Waals surface area contributed by atoms with Crippen LogP contribution >= 0.6 is 0 Å². The van der Waals surface area contributed by atoms with E-state index in [2.05, 4.69) is 79.2 Å². The second-order valence-electron chi connectivity index (χ2n) is 6.98. The fourth-order valence-corrected chi connectivity index (χ4v) is 3.47. The van der Waals surface area contributed by atoms with E-state index >= 15 is 0 Å². The zero-order valence-electron chi connectivity index (χ0n) is 14.9. The normalized spacial score (nSPS) is 19.6. The number of hydrogen-bond donors (Lipinski definition) is 0. The molecule has 25 heavy (non-hydrogen) atoms. The molecule has 1 unspecified atom stereocenters. The lowest BCUT2D eigenvalue weighted by atomic mass is 9.89. The SMILES string of the molecule is Cc1cc(C)n(-c2ccc(C3=NOC(C)(c4ccccc4)C3)cc2)c1. The number of aryl methyl sites for hydroxylation is 2. The Bertz CT molecular complexity index is 922. The Morgan fingerprint density at radius 1 is 1.00 bits per heavy atom. The van der Waals surface area contributed by atoms with Crippen LogP contribution in [0.1, 0.15) is 35.7 Å². The highest BCUT2D eigenvalue weighted by Gasteiger charge is 2.36. The molecule has 0 aliphatic carbocycles. The zero-order valence-corrected chi connectivity index (χ0v) is 14.9. The highest BCUT2D eigenvalue weighted by molar-refractivity contribution is 6.01. The summed E-state index contributed by atoms with van der Waals surface area (Å²) in [4.78, 5) is 5.81. The number of aromatic nitrogens is 1. The van der Waals surface area contributed by atoms with Gasteiger partial charge in [0.2, 0.25) is 0 Å². The summed E-state index contributed by atoms with van der Waals surface area (Å²) >= 11 is 0. The highest BCUT2D eigenvalue weighted by Crippen LogP contribution is 2.35. The fraction of sp³-hybridized carbons (Fsp3) is 0.227. The quantitative estimate of drug-likeness (QED) is 0.653. The van der Waals surface area contributed by atoms with Crippen molar-refractivity contribution in [1.82, 2.24) is 4.57 Å². The van der Waals surface area contributed by atoms with Gasteiger partial charge in [-0.05, 0) is 55.7 Å². The molecule has 1 atom stereocenters. The first-order valence-electron chi connectivity index (χ1n) is 8.62. The maximum absolute atomic E-state index is 5.81. The van der Waals surface area contributed by atoms with Crippen LogP contribution in [0.4, 0.5) is 0 Å². The van der Waals surface area contributed by atoms with Crippen molar-refractivity contribution in [3.05, 3.63) is 89.2 Å². The molecule has 1 aliphatic rings. The van der Waals surface area contributed by atoms with Crippen molar-refractivity contribution in [3.63, 3.8) is 0 Å². The number of oxime groups is 1. The van der Waals surface area contributed by atoms with Gasteiger partial charge < -0.3 is 9.40 Å². The van der Waals surface area contributed by atoms with Gasteiger partial charge in [0.1, 0.15) is 0 Å². The summed E-state index contributed by atoms with van der Waals surface area (Å²) in [5.41, 5.74) is 6.56. The average molecular weight is 330 g/mol. The zero-order chi connectivity index (χ0) is 17.4. The third kappa shape index (κ3) is 2.86. The summed E-state index contributed by atoms with van der Waals surface area (Å²) in [6.45, 7) is 6.34. The van der Waals surface area contributed by atoms with Crippen molar-refractivity contribution >= 4 is 5.71 Å². The predicted molar refractivity (Wildman–Crippen MR) is 101 cm³/mol. The average Bonchev–Trinajstić information content (AvgIpc) is 3.19. The monoisotopic (exact) mass is 330 g/mol. The van der Waals surface area contributed by atoms with Crippen LogP contribution in [0, 0.1) is 13.8 Å². The molecule has 3 heteroatoms. The van der Waals surface area contributed by atoms with Gasteiger partial charge in [-0.15, -0.1) is 0 Å². The van der Waals surface area contributed by atoms with Crippen LogP contribution in [0.5, 0.6) is 0 Å². The topological polar surface area (TPSA) is 26.5 Å². The van der Waals surface area contributed by atoms with Gasteiger partial charge in [0.25, 0.3) is 0 Å². The first-order chi connectivity index (χ1) is 12.0. The highest BCUT2D eigenvalue weighted by atomic mass is 16.7. The van der Waals surface area contributed by atoms with Crippen LogP contribution in [0.15, 0.2) is 72.0 Å². The van der Waals surface area contributed by atoms with Gasteiger partial charge in [-0.3, -0.25) is 0 Å². The summed E-state index contributed by atoms with van der Waals surface area (Å²) in [5.74, 6) is 0. The summed E-state index contributed by atoms with van der Waals surface area (Å²) in [7, 11) is 0. The molecule has 1 aromatic heterocycles. The predicted octanol–water partition coefficient (Wildman–Crippen LogP) is 5.13. The van der Waals surface area contributed by atoms with Gasteiger partial charge in [-0.2, -0.15) is 0 Å². The molecule has 2 aromatic carbocycles. The minimum atomic E-state index is -0.386. The van der Waals surface area contributed by atoms with Crippen molar-refractivity contribution in [1.29, 1.82) is 0 Å². The third-order valence-electron chi connectivity index (χ3n) is 4.87. The van der Waals surface area contributed by atoms with Gasteiger partial charge >= 0.3 is 0 Å². The molecule has 0 spiro atoms. The fourth-order valence-electron chi connectivity index (χ4n) is 3.47. The van der Waals surface area contributed by atoms with E-state index in [1.165, 1.54) is 16.9 Å². The summed E-state index contributed by atoms with van der Waals surface area (Å²) in [5, 5.41) is 4.37. The lowest BCUT2D eigenvalue weighted by Gasteiger charge is -2.21. The molecule has 0 radical (unpaired) electrons. The van der Waals surface area contributed by atoms with Gasteiger partial charge in [0.15, 0.2) is 5.60 Å². The Morgan fingerprint density at radius 2 is 1.72 bits per heavy atom. The van der Waals surface area contributed by atoms with Crippen molar-refractivity contribution in [3.8, 4) is 5.69 Å². The minimum absolute atomic E-state index is 0.386. The molecule has 3 nitrogen and oxygen atoms in total. The van der Waals surface area contributed by atoms with Crippen LogP contribution in [0.3, 0.4) is 0 Å². The number of nitrogens with zero attached hydrogens (tertiary/aromatic N) is 2. The summed E-state index contributed by atoms with van der Waals surface area (Å²) in [6, 6.07) is 21.0. The largest absolute Gasteiger partial charge is 0.384 e. The van der Waals surface area contributed by atoms with E-state index in [4.69, 9.17) is 4.84 Å². The van der Waals surface area contributed by atoms with Gasteiger partial charge in [-0.1, -0.05) is 47.6 Å². The molecule has 3 aromatic rings. The van der Waals surface area contributed by atoms with Crippen molar-refractivity contribution in [2.45, 2.75) is 32.8 Å². The maximum Gasteiger partial charge on any atom is 0.165 e. The van der Waals surface area contributed by atoms with E-state index in [1.54, 1.807) is 0 Å². The second kappa shape index (κ2) is 5.92. The molecule has 0 N–H and O–H groups in total. The smallest absolute Gasteiger partial charge is 0.165 e. The van der Waals surface area contributed by atoms with Crippen LogP contribution < -0.4 is 0 Å². The third-order valence-corrected chi connectivity index (χ3v) is 4.87. The number of hydrogen-bond acceptors (Lipinski definition) is 2. The molecule has 0 fully saturated rings. The lowest BCUT2D eigenvalue weighted by Crippen LogP contribution is -2.21. The molecular formula is C22H22N2O. The van der Waals surface area contributed by atoms with E-state index in [0.717, 1.165) is 23.3 Å². The van der Waals surface area contributed by atoms with Crippen LogP contribution in [-0.2, 0) is 10.4 Å². The van der Waals surface area contributed by atoms with Crippen molar-refractivity contribution in [2.24, 2.45) is 5.16 Å². The second-order valence-corrected chi connectivity index (χ2v) is 6.98. The lowest BCUT2D eigenvalue weighted by molar-refractivity contribution is -0.00738. The number of benzene rings is 2. The molecule has 1 aliphatic heterocycles. The Hall–Kier alpha value is -2.81. The van der Waals surface area contributed by atoms with E-state index in [9.17, 15) is 0 Å². The van der Waals surface area contributed by atoms with Gasteiger partial charge in [-0.25, -0.2) is 0 Å². The minimum Gasteiger partial charge on any atom is -0.384 e. The molecule has 2 heterocycles. The Balaban J connectivity index is 1.57. The summed E-state index contributed by atoms with van der Waals surface area (Å²) < 4.78 is 2.21. The number of rotatable bonds is 3. The first kappa shape index (κ1) is 15.7. The molecule has 0 bridgehead atoms. The molecule has 0 saturated heterocycles. The Labute approximate surface area is 148 Å². The van der Waals surface area contributed by atoms with Gasteiger partial charge in [0.05, 0.1) is 5.71 Å². The maximum atomic E-state index is 5.81. The van der Waals surface area contributed by atoms with E-state index in [0.29, 0.717) is 0 Å². The summed E-state index contributed by atoms with van der Waals surface area (Å²) in [6.07, 6.45) is 2.94. The molecule has 0 saturated carbocycles. The van der Waals surface area contributed by atoms with Crippen molar-refractivity contribution in [2.75, 3.05) is 0 Å². The standard InChI is InChI=1S/C22H22N2O/c1-16-13-17(2)24(15-16)20-11-9-18(10-12-20)21-14-22(3,25-23-21)19-7-5-4-6-8-19/h4-13,15H,14H2,1-3H3. The Kier molecular flexibility index (Phi) is 3.72. The molecular weight excluding hydrogens is 308 g/mol. The van der Waals surface area contributed by atoms with Crippen LogP contribution in [-0.4, -0.2) is 10.3 Å². The van der Waals surface area contributed by atoms with Crippen LogP contribution in [0.25, 0.3) is 5.69 Å². The van der Waals surface area contributed by atoms with E-state index in [1.807, 2.05) is 18.2 Å². The molecule has 126 valence electrons. The van der Waals surface area contributed by atoms with Crippen LogP contribution in [0.2, 0.25) is 0 Å². The Morgan fingerprint density at radius 3 is 2.36 bits per heavy atom. The molecule has 4 rings (SSSR count). The molecule has 0 amide bonds. The first-order valence-corrected chi connectivity index (χ1v) is 8.62.